The van der Waals surface area contributed by atoms with Crippen LogP contribution in [0.5, 0.6) is 0 Å². The average molecular weight is 363 g/mol. The molecule has 0 aliphatic heterocycles. The van der Waals surface area contributed by atoms with Crippen molar-refractivity contribution in [3.8, 4) is 0 Å². The van der Waals surface area contributed by atoms with E-state index >= 15 is 0 Å². The molecule has 9 nitrogen and oxygen atoms in total. The normalized spacial score (nSPS) is 14.0. The van der Waals surface area contributed by atoms with Crippen LogP contribution >= 0.6 is 0 Å². The van der Waals surface area contributed by atoms with Crippen LogP contribution in [0.4, 0.5) is 5.69 Å². The molecule has 0 aliphatic carbocycles. The van der Waals surface area contributed by atoms with Crippen LogP contribution in [0, 0.1) is 0 Å². The van der Waals surface area contributed by atoms with Gasteiger partial charge in [0.1, 0.15) is 0 Å². The van der Waals surface area contributed by atoms with Crippen LogP contribution in [0.25, 0.3) is 0 Å². The molecule has 0 radical (unpaired) electrons. The Kier molecular flexibility index (Phi) is 6.56. The maximum absolute atomic E-state index is 11.9. The number of anilines is 1. The third-order valence-electron chi connectivity index (χ3n) is 2.50. The zero-order valence-electron chi connectivity index (χ0n) is 11.7. The quantitative estimate of drug-likeness (QED) is 0.315. The molecule has 1 aromatic rings. The molecule has 0 aliphatic rings. The van der Waals surface area contributed by atoms with E-state index in [1.165, 1.54) is 32.2 Å². The summed E-state index contributed by atoms with van der Waals surface area (Å²) in [6.07, 6.45) is 0. The van der Waals surface area contributed by atoms with Crippen molar-refractivity contribution < 1.29 is 26.6 Å². The van der Waals surface area contributed by atoms with E-state index in [0.29, 0.717) is 0 Å². The van der Waals surface area contributed by atoms with Crippen molar-refractivity contribution in [3.63, 3.8) is 0 Å². The van der Waals surface area contributed by atoms with Crippen LogP contribution in [-0.2, 0) is 17.2 Å². The van der Waals surface area contributed by atoms with Gasteiger partial charge in [0.05, 0.1) is 0 Å². The van der Waals surface area contributed by atoms with E-state index in [-0.39, 0.29) is 23.2 Å². The number of rotatable bonds is 7. The molecule has 1 aromatic carbocycles. The van der Waals surface area contributed by atoms with Crippen LogP contribution in [0.1, 0.15) is 6.92 Å². The molecule has 1 unspecified atom stereocenters. The summed E-state index contributed by atoms with van der Waals surface area (Å²) < 4.78 is 25.1. The van der Waals surface area contributed by atoms with Gasteiger partial charge in [-0.1, -0.05) is 0 Å². The summed E-state index contributed by atoms with van der Waals surface area (Å²) in [5.41, 5.74) is 5.40. The minimum atomic E-state index is -5.15. The molecule has 0 spiro atoms. The van der Waals surface area contributed by atoms with Crippen LogP contribution in [0.2, 0.25) is 0 Å². The summed E-state index contributed by atoms with van der Waals surface area (Å²) in [6, 6.07) is 5.78. The molecule has 1 atom stereocenters. The first kappa shape index (κ1) is 17.9. The van der Waals surface area contributed by atoms with E-state index < -0.39 is 20.1 Å². The summed E-state index contributed by atoms with van der Waals surface area (Å²) in [7, 11) is 1.45. The van der Waals surface area contributed by atoms with Gasteiger partial charge in [0.2, 0.25) is 0 Å². The zero-order chi connectivity index (χ0) is 16.0. The Morgan fingerprint density at radius 2 is 2.05 bits per heavy atom. The molecule has 21 heavy (non-hydrogen) atoms. The van der Waals surface area contributed by atoms with Crippen molar-refractivity contribution in [3.05, 3.63) is 24.3 Å². The third-order valence-corrected chi connectivity index (χ3v) is 5.04. The molecule has 4 N–H and O–H groups in total. The van der Waals surface area contributed by atoms with E-state index in [1.807, 2.05) is 0 Å². The fourth-order valence-corrected chi connectivity index (χ4v) is 3.41. The van der Waals surface area contributed by atoms with Gasteiger partial charge in [-0.25, -0.2) is 0 Å². The predicted molar refractivity (Wildman–Crippen MR) is 74.4 cm³/mol. The molecule has 118 valence electrons. The number of benzene rings is 1. The number of para-hydroxylation sites is 1. The molecule has 0 aromatic heterocycles. The fourth-order valence-electron chi connectivity index (χ4n) is 1.69. The van der Waals surface area contributed by atoms with Crippen molar-refractivity contribution in [2.24, 2.45) is 5.73 Å². The minimum absolute atomic E-state index is 0.0728. The van der Waals surface area contributed by atoms with E-state index in [9.17, 15) is 12.6 Å². The SMILES string of the molecule is CC(=O)N(c1ccccc1[As](=O)(O)OO)N(C)OCCN. The second kappa shape index (κ2) is 7.71. The summed E-state index contributed by atoms with van der Waals surface area (Å²) in [5.74, 6) is -0.463. The molecular formula is C11H18AsN3O6. The molecule has 1 amide bonds. The summed E-state index contributed by atoms with van der Waals surface area (Å²) in [4.78, 5) is 17.0. The number of amides is 1. The number of hydrogen-bond donors (Lipinski definition) is 3. The standard InChI is InChI=1S/C11H18AsN3O6/c1-9(16)15(14(2)20-8-7-13)11-6-4-3-5-10(11)12(17,18)21-19/h3-6,19H,7-8,13H2,1-2H3,(H,17,18). The fraction of sp³-hybridized carbons (Fsp3) is 0.364. The number of nitrogens with zero attached hydrogens (tertiary/aromatic N) is 2. The van der Waals surface area contributed by atoms with Crippen molar-refractivity contribution in [1.82, 2.24) is 5.17 Å². The van der Waals surface area contributed by atoms with E-state index in [0.717, 1.165) is 10.2 Å². The van der Waals surface area contributed by atoms with Gasteiger partial charge in [0, 0.05) is 0 Å². The topological polar surface area (TPSA) is 126 Å². The first-order valence-electron chi connectivity index (χ1n) is 5.98. The predicted octanol–water partition coefficient (Wildman–Crippen LogP) is -1.17. The van der Waals surface area contributed by atoms with Crippen molar-refractivity contribution in [1.29, 1.82) is 0 Å². The maximum atomic E-state index is 11.9. The van der Waals surface area contributed by atoms with E-state index in [2.05, 4.69) is 3.88 Å². The number of carbonyl (C=O) groups is 1. The second-order valence-electron chi connectivity index (χ2n) is 4.01. The molecule has 0 saturated heterocycles. The number of hydrogen-bond acceptors (Lipinski definition) is 7. The van der Waals surface area contributed by atoms with Crippen LogP contribution in [0.15, 0.2) is 24.3 Å². The first-order valence-corrected chi connectivity index (χ1v) is 9.29. The molecule has 0 saturated carbocycles. The van der Waals surface area contributed by atoms with Gasteiger partial charge in [-0.2, -0.15) is 0 Å². The molecule has 10 heteroatoms. The number of hydroxylamine groups is 1. The van der Waals surface area contributed by atoms with Gasteiger partial charge in [-0.05, 0) is 0 Å². The molecule has 0 heterocycles. The number of carbonyl (C=O) groups excluding carboxylic acids is 1. The van der Waals surface area contributed by atoms with Crippen molar-refractivity contribution in [2.75, 3.05) is 25.2 Å². The Hall–Kier alpha value is -1.19. The van der Waals surface area contributed by atoms with E-state index in [4.69, 9.17) is 15.8 Å². The average Bonchev–Trinajstić information content (AvgIpc) is 2.45. The van der Waals surface area contributed by atoms with Crippen molar-refractivity contribution in [2.45, 2.75) is 6.92 Å². The summed E-state index contributed by atoms with van der Waals surface area (Å²) >= 11 is -5.15. The third kappa shape index (κ3) is 4.39. The second-order valence-corrected chi connectivity index (χ2v) is 7.54. The van der Waals surface area contributed by atoms with Gasteiger partial charge >= 0.3 is 124 Å². The summed E-state index contributed by atoms with van der Waals surface area (Å²) in [6.45, 7) is 1.65. The molecular weight excluding hydrogens is 345 g/mol. The Balaban J connectivity index is 3.27. The van der Waals surface area contributed by atoms with Crippen molar-refractivity contribution >= 4 is 30.1 Å². The van der Waals surface area contributed by atoms with Crippen LogP contribution in [0.3, 0.4) is 0 Å². The summed E-state index contributed by atoms with van der Waals surface area (Å²) in [5, 5.41) is 10.8. The Labute approximate surface area is 124 Å². The Bertz CT molecular complexity index is 540. The number of nitrogens with two attached hydrogens (primary N) is 1. The van der Waals surface area contributed by atoms with Gasteiger partial charge in [0.25, 0.3) is 0 Å². The van der Waals surface area contributed by atoms with Gasteiger partial charge in [-0.3, -0.25) is 0 Å². The van der Waals surface area contributed by atoms with E-state index in [1.54, 1.807) is 6.07 Å². The number of hydrazine groups is 1. The zero-order valence-corrected chi connectivity index (χ0v) is 13.5. The molecule has 0 bridgehead atoms. The van der Waals surface area contributed by atoms with Gasteiger partial charge < -0.3 is 0 Å². The Morgan fingerprint density at radius 3 is 2.57 bits per heavy atom. The van der Waals surface area contributed by atoms with Gasteiger partial charge in [-0.15, -0.1) is 0 Å². The molecule has 1 rings (SSSR count). The first-order chi connectivity index (χ1) is 9.85. The van der Waals surface area contributed by atoms with Crippen LogP contribution in [-0.4, -0.2) is 54.8 Å². The Morgan fingerprint density at radius 1 is 1.43 bits per heavy atom. The molecule has 0 fully saturated rings. The monoisotopic (exact) mass is 363 g/mol. The van der Waals surface area contributed by atoms with Gasteiger partial charge in [0.15, 0.2) is 0 Å². The van der Waals surface area contributed by atoms with Crippen LogP contribution < -0.4 is 15.1 Å².